The highest BCUT2D eigenvalue weighted by molar-refractivity contribution is 7.91. The fourth-order valence-electron chi connectivity index (χ4n) is 4.42. The Morgan fingerprint density at radius 2 is 1.41 bits per heavy atom. The number of nitrogens with zero attached hydrogens (tertiary/aromatic N) is 1. The van der Waals surface area contributed by atoms with Gasteiger partial charge in [-0.2, -0.15) is 0 Å². The van der Waals surface area contributed by atoms with Gasteiger partial charge >= 0.3 is 0 Å². The Morgan fingerprint density at radius 1 is 0.875 bits per heavy atom. The van der Waals surface area contributed by atoms with E-state index in [2.05, 4.69) is 19.1 Å². The molecular formula is C27H29NO3S. The Bertz CT molecular complexity index is 1100. The van der Waals surface area contributed by atoms with Gasteiger partial charge in [-0.3, -0.25) is 4.79 Å². The summed E-state index contributed by atoms with van der Waals surface area (Å²) >= 11 is 0. The molecule has 3 aromatic carbocycles. The van der Waals surface area contributed by atoms with Crippen molar-refractivity contribution < 1.29 is 13.2 Å². The van der Waals surface area contributed by atoms with Gasteiger partial charge in [0.2, 0.25) is 5.91 Å². The van der Waals surface area contributed by atoms with Crippen LogP contribution in [-0.2, 0) is 27.6 Å². The molecule has 0 aromatic heterocycles. The summed E-state index contributed by atoms with van der Waals surface area (Å²) < 4.78 is 24.6. The van der Waals surface area contributed by atoms with E-state index in [0.29, 0.717) is 13.0 Å². The summed E-state index contributed by atoms with van der Waals surface area (Å²) in [6.45, 7) is 2.51. The Balaban J connectivity index is 1.72. The minimum absolute atomic E-state index is 0.0298. The molecule has 0 radical (unpaired) electrons. The molecule has 0 aliphatic carbocycles. The summed E-state index contributed by atoms with van der Waals surface area (Å²) in [5.74, 6) is -0.362. The van der Waals surface area contributed by atoms with Gasteiger partial charge in [-0.15, -0.1) is 0 Å². The first-order valence-electron chi connectivity index (χ1n) is 11.2. The summed E-state index contributed by atoms with van der Waals surface area (Å²) in [7, 11) is -3.13. The predicted octanol–water partition coefficient (Wildman–Crippen LogP) is 4.60. The van der Waals surface area contributed by atoms with Crippen LogP contribution in [0.25, 0.3) is 0 Å². The van der Waals surface area contributed by atoms with Crippen molar-refractivity contribution in [2.75, 3.05) is 11.5 Å². The third kappa shape index (κ3) is 5.10. The second kappa shape index (κ2) is 9.70. The van der Waals surface area contributed by atoms with E-state index in [9.17, 15) is 13.2 Å². The first kappa shape index (κ1) is 22.3. The number of hydrogen-bond acceptors (Lipinski definition) is 3. The normalized spacial score (nSPS) is 17.4. The van der Waals surface area contributed by atoms with Gasteiger partial charge in [0.05, 0.1) is 17.4 Å². The van der Waals surface area contributed by atoms with Crippen LogP contribution in [0.1, 0.15) is 41.5 Å². The summed E-state index contributed by atoms with van der Waals surface area (Å²) in [4.78, 5) is 15.9. The maximum absolute atomic E-state index is 14.1. The molecule has 0 spiro atoms. The van der Waals surface area contributed by atoms with Gasteiger partial charge in [0.15, 0.2) is 9.84 Å². The zero-order valence-electron chi connectivity index (χ0n) is 18.4. The molecule has 0 N–H and O–H groups in total. The molecule has 32 heavy (non-hydrogen) atoms. The lowest BCUT2D eigenvalue weighted by Gasteiger charge is -2.32. The van der Waals surface area contributed by atoms with Crippen LogP contribution in [0.2, 0.25) is 0 Å². The van der Waals surface area contributed by atoms with Gasteiger partial charge in [0.1, 0.15) is 0 Å². The average molecular weight is 448 g/mol. The van der Waals surface area contributed by atoms with E-state index >= 15 is 0 Å². The van der Waals surface area contributed by atoms with Crippen LogP contribution in [0, 0.1) is 0 Å². The molecule has 1 unspecified atom stereocenters. The van der Waals surface area contributed by atoms with Crippen LogP contribution in [0.15, 0.2) is 84.9 Å². The Morgan fingerprint density at radius 3 is 1.88 bits per heavy atom. The molecule has 1 amide bonds. The highest BCUT2D eigenvalue weighted by Crippen LogP contribution is 2.30. The number of hydrogen-bond donors (Lipinski definition) is 0. The quantitative estimate of drug-likeness (QED) is 0.532. The molecule has 1 atom stereocenters. The van der Waals surface area contributed by atoms with Crippen LogP contribution in [0.4, 0.5) is 0 Å². The van der Waals surface area contributed by atoms with Gasteiger partial charge in [-0.05, 0) is 35.1 Å². The van der Waals surface area contributed by atoms with Crippen molar-refractivity contribution in [3.05, 3.63) is 107 Å². The number of carbonyl (C=O) groups is 1. The molecule has 1 saturated heterocycles. The number of amides is 1. The van der Waals surface area contributed by atoms with Crippen molar-refractivity contribution in [2.45, 2.75) is 38.3 Å². The molecule has 1 heterocycles. The number of benzene rings is 3. The molecule has 4 nitrogen and oxygen atoms in total. The monoisotopic (exact) mass is 447 g/mol. The topological polar surface area (TPSA) is 54.5 Å². The molecule has 0 saturated carbocycles. The predicted molar refractivity (Wildman–Crippen MR) is 128 cm³/mol. The Kier molecular flexibility index (Phi) is 6.75. The van der Waals surface area contributed by atoms with Crippen molar-refractivity contribution >= 4 is 15.7 Å². The first-order chi connectivity index (χ1) is 15.5. The minimum atomic E-state index is -3.13. The van der Waals surface area contributed by atoms with Crippen LogP contribution in [-0.4, -0.2) is 36.8 Å². The zero-order valence-corrected chi connectivity index (χ0v) is 19.2. The molecule has 5 heteroatoms. The van der Waals surface area contributed by atoms with Gasteiger partial charge in [0, 0.05) is 12.6 Å². The van der Waals surface area contributed by atoms with Gasteiger partial charge in [-0.1, -0.05) is 91.9 Å². The smallest absolute Gasteiger partial charge is 0.235 e. The Labute approximate surface area is 190 Å². The largest absolute Gasteiger partial charge is 0.334 e. The second-order valence-corrected chi connectivity index (χ2v) is 10.7. The van der Waals surface area contributed by atoms with Crippen LogP contribution in [0.3, 0.4) is 0 Å². The minimum Gasteiger partial charge on any atom is -0.334 e. The fourth-order valence-corrected chi connectivity index (χ4v) is 6.15. The first-order valence-corrected chi connectivity index (χ1v) is 13.0. The van der Waals surface area contributed by atoms with Crippen LogP contribution >= 0.6 is 0 Å². The second-order valence-electron chi connectivity index (χ2n) is 8.45. The fraction of sp³-hybridized carbons (Fsp3) is 0.296. The van der Waals surface area contributed by atoms with Crippen molar-refractivity contribution in [3.8, 4) is 0 Å². The van der Waals surface area contributed by atoms with E-state index in [1.54, 1.807) is 4.90 Å². The summed E-state index contributed by atoms with van der Waals surface area (Å²) in [5, 5.41) is 0. The lowest BCUT2D eigenvalue weighted by Crippen LogP contribution is -2.43. The summed E-state index contributed by atoms with van der Waals surface area (Å²) in [5.41, 5.74) is 4.08. The van der Waals surface area contributed by atoms with E-state index in [1.807, 2.05) is 72.8 Å². The van der Waals surface area contributed by atoms with Crippen molar-refractivity contribution in [2.24, 2.45) is 0 Å². The molecule has 1 fully saturated rings. The number of aryl methyl sites for hydroxylation is 1. The van der Waals surface area contributed by atoms with Crippen molar-refractivity contribution in [1.82, 2.24) is 4.90 Å². The highest BCUT2D eigenvalue weighted by Gasteiger charge is 2.37. The molecule has 4 rings (SSSR count). The van der Waals surface area contributed by atoms with E-state index in [0.717, 1.165) is 23.1 Å². The van der Waals surface area contributed by atoms with Gasteiger partial charge in [-0.25, -0.2) is 8.42 Å². The molecule has 1 aliphatic rings. The number of rotatable bonds is 7. The van der Waals surface area contributed by atoms with Crippen molar-refractivity contribution in [1.29, 1.82) is 0 Å². The molecule has 3 aromatic rings. The molecular weight excluding hydrogens is 418 g/mol. The van der Waals surface area contributed by atoms with Crippen LogP contribution < -0.4 is 0 Å². The lowest BCUT2D eigenvalue weighted by molar-refractivity contribution is -0.134. The highest BCUT2D eigenvalue weighted by atomic mass is 32.2. The maximum Gasteiger partial charge on any atom is 0.235 e. The lowest BCUT2D eigenvalue weighted by atomic mass is 9.89. The molecule has 0 bridgehead atoms. The number of sulfone groups is 1. The third-order valence-corrected chi connectivity index (χ3v) is 7.98. The van der Waals surface area contributed by atoms with Crippen LogP contribution in [0.5, 0.6) is 0 Å². The van der Waals surface area contributed by atoms with Crippen molar-refractivity contribution in [3.63, 3.8) is 0 Å². The summed E-state index contributed by atoms with van der Waals surface area (Å²) in [6.07, 6.45) is 1.44. The van der Waals surface area contributed by atoms with E-state index < -0.39 is 15.8 Å². The number of carbonyl (C=O) groups excluding carboxylic acids is 1. The van der Waals surface area contributed by atoms with Gasteiger partial charge in [0.25, 0.3) is 0 Å². The maximum atomic E-state index is 14.1. The third-order valence-electron chi connectivity index (χ3n) is 6.23. The van der Waals surface area contributed by atoms with E-state index in [-0.39, 0.29) is 23.5 Å². The van der Waals surface area contributed by atoms with Gasteiger partial charge < -0.3 is 4.90 Å². The van der Waals surface area contributed by atoms with E-state index in [1.165, 1.54) is 5.56 Å². The molecule has 166 valence electrons. The summed E-state index contributed by atoms with van der Waals surface area (Å²) in [6, 6.07) is 27.4. The zero-order chi connectivity index (χ0) is 22.6. The molecule has 1 aliphatic heterocycles. The SMILES string of the molecule is CCc1ccc(CN(C(=O)C(c2ccccc2)c2ccccc2)C2CCS(=O)(=O)C2)cc1. The Hall–Kier alpha value is -2.92. The standard InChI is InChI=1S/C27H29NO3S/c1-2-21-13-15-22(16-14-21)19-28(25-17-18-32(30,31)20-25)27(29)26(23-9-5-3-6-10-23)24-11-7-4-8-12-24/h3-16,25-26H,2,17-20H2,1H3. The average Bonchev–Trinajstić information content (AvgIpc) is 3.18. The van der Waals surface area contributed by atoms with E-state index in [4.69, 9.17) is 0 Å².